The first-order valence-corrected chi connectivity index (χ1v) is 12.4. The van der Waals surface area contributed by atoms with E-state index >= 15 is 0 Å². The number of aromatic nitrogens is 3. The number of carbonyl (C=O) groups is 1. The van der Waals surface area contributed by atoms with Crippen molar-refractivity contribution in [2.75, 3.05) is 31.0 Å². The summed E-state index contributed by atoms with van der Waals surface area (Å²) in [5.74, 6) is 1.09. The molecule has 1 aliphatic rings. The quantitative estimate of drug-likeness (QED) is 0.315. The van der Waals surface area contributed by atoms with Gasteiger partial charge in [-0.25, -0.2) is 8.42 Å². The van der Waals surface area contributed by atoms with Gasteiger partial charge in [0.25, 0.3) is 5.22 Å². The Labute approximate surface area is 175 Å². The van der Waals surface area contributed by atoms with E-state index in [1.165, 1.54) is 11.8 Å². The minimum absolute atomic E-state index is 0.0164. The van der Waals surface area contributed by atoms with Crippen LogP contribution in [-0.2, 0) is 27.5 Å². The number of thioether (sulfide) groups is 1. The topological polar surface area (TPSA) is 104 Å². The third kappa shape index (κ3) is 5.70. The van der Waals surface area contributed by atoms with Gasteiger partial charge in [-0.15, -0.1) is 10.2 Å². The lowest BCUT2D eigenvalue weighted by molar-refractivity contribution is 0.102. The summed E-state index contributed by atoms with van der Waals surface area (Å²) in [6.45, 7) is 5.45. The SMILES string of the molecule is COCCCn1c(C)cc(C(=O)CSc2nnc(CC3CCS(=O)(=O)C3)o2)c1C. The van der Waals surface area contributed by atoms with Gasteiger partial charge in [-0.3, -0.25) is 4.79 Å². The number of hydrogen-bond donors (Lipinski definition) is 0. The molecule has 2 aromatic rings. The molecule has 1 atom stereocenters. The summed E-state index contributed by atoms with van der Waals surface area (Å²) in [4.78, 5) is 12.7. The Bertz CT molecular complexity index is 965. The maximum absolute atomic E-state index is 12.7. The average molecular weight is 442 g/mol. The normalized spacial score (nSPS) is 18.4. The number of carbonyl (C=O) groups excluding carboxylic acids is 1. The summed E-state index contributed by atoms with van der Waals surface area (Å²) in [6, 6.07) is 1.92. The molecule has 2 aromatic heterocycles. The summed E-state index contributed by atoms with van der Waals surface area (Å²) in [5, 5.41) is 8.31. The molecule has 0 bridgehead atoms. The standard InChI is InChI=1S/C19H27N3O5S2/c1-13-9-16(14(2)22(13)6-4-7-26-3)17(23)11-28-19-21-20-18(27-19)10-15-5-8-29(24,25)12-15/h9,15H,4-8,10-12H2,1-3H3. The van der Waals surface area contributed by atoms with E-state index in [1.807, 2.05) is 19.9 Å². The van der Waals surface area contributed by atoms with Gasteiger partial charge in [0.1, 0.15) is 0 Å². The minimum Gasteiger partial charge on any atom is -0.416 e. The molecule has 1 aliphatic heterocycles. The summed E-state index contributed by atoms with van der Waals surface area (Å²) >= 11 is 1.21. The number of ketones is 1. The van der Waals surface area contributed by atoms with E-state index in [0.29, 0.717) is 36.1 Å². The van der Waals surface area contributed by atoms with Crippen LogP contribution in [0.15, 0.2) is 15.7 Å². The van der Waals surface area contributed by atoms with Crippen LogP contribution in [0.3, 0.4) is 0 Å². The molecule has 10 heteroatoms. The molecule has 1 fully saturated rings. The fourth-order valence-corrected chi connectivity index (χ4v) is 6.18. The molecular formula is C19H27N3O5S2. The fraction of sp³-hybridized carbons (Fsp3) is 0.632. The molecule has 1 saturated heterocycles. The maximum atomic E-state index is 12.7. The lowest BCUT2D eigenvalue weighted by atomic mass is 10.1. The molecule has 0 aromatic carbocycles. The maximum Gasteiger partial charge on any atom is 0.277 e. The first-order valence-electron chi connectivity index (χ1n) is 9.63. The van der Waals surface area contributed by atoms with Crippen molar-refractivity contribution in [1.82, 2.24) is 14.8 Å². The van der Waals surface area contributed by atoms with Crippen molar-refractivity contribution >= 4 is 27.4 Å². The minimum atomic E-state index is -2.92. The zero-order valence-electron chi connectivity index (χ0n) is 17.0. The molecule has 8 nitrogen and oxygen atoms in total. The number of sulfone groups is 1. The molecule has 160 valence electrons. The summed E-state index contributed by atoms with van der Waals surface area (Å²) < 4.78 is 36.0. The number of hydrogen-bond acceptors (Lipinski definition) is 8. The van der Waals surface area contributed by atoms with Gasteiger partial charge in [0.2, 0.25) is 5.89 Å². The molecule has 3 heterocycles. The Morgan fingerprint density at radius 2 is 2.17 bits per heavy atom. The van der Waals surface area contributed by atoms with Crippen molar-refractivity contribution < 1.29 is 22.4 Å². The van der Waals surface area contributed by atoms with E-state index in [9.17, 15) is 13.2 Å². The van der Waals surface area contributed by atoms with Crippen molar-refractivity contribution in [2.45, 2.75) is 44.9 Å². The Kier molecular flexibility index (Phi) is 7.18. The number of Topliss-reactive ketones (excluding diaryl/α,β-unsaturated/α-hetero) is 1. The lowest BCUT2D eigenvalue weighted by Gasteiger charge is -2.09. The van der Waals surface area contributed by atoms with Gasteiger partial charge >= 0.3 is 0 Å². The second-order valence-corrected chi connectivity index (χ2v) is 10.6. The predicted molar refractivity (Wildman–Crippen MR) is 110 cm³/mol. The second-order valence-electron chi connectivity index (χ2n) is 7.43. The largest absolute Gasteiger partial charge is 0.416 e. The van der Waals surface area contributed by atoms with Gasteiger partial charge in [0, 0.05) is 43.6 Å². The van der Waals surface area contributed by atoms with E-state index in [-0.39, 0.29) is 29.0 Å². The fourth-order valence-electron chi connectivity index (χ4n) is 3.66. The Morgan fingerprint density at radius 3 is 2.86 bits per heavy atom. The van der Waals surface area contributed by atoms with Crippen molar-refractivity contribution in [3.8, 4) is 0 Å². The monoisotopic (exact) mass is 441 g/mol. The van der Waals surface area contributed by atoms with Crippen LogP contribution in [0.4, 0.5) is 0 Å². The first kappa shape index (κ1) is 22.0. The zero-order valence-corrected chi connectivity index (χ0v) is 18.6. The summed E-state index contributed by atoms with van der Waals surface area (Å²) in [6.07, 6.45) is 1.98. The van der Waals surface area contributed by atoms with E-state index in [1.54, 1.807) is 7.11 Å². The van der Waals surface area contributed by atoms with Crippen molar-refractivity contribution in [3.05, 3.63) is 28.9 Å². The van der Waals surface area contributed by atoms with Crippen molar-refractivity contribution in [2.24, 2.45) is 5.92 Å². The highest BCUT2D eigenvalue weighted by atomic mass is 32.2. The molecule has 1 unspecified atom stereocenters. The first-order chi connectivity index (χ1) is 13.8. The van der Waals surface area contributed by atoms with Gasteiger partial charge in [-0.1, -0.05) is 11.8 Å². The van der Waals surface area contributed by atoms with Crippen LogP contribution in [0.2, 0.25) is 0 Å². The molecule has 3 rings (SSSR count). The Morgan fingerprint density at radius 1 is 1.38 bits per heavy atom. The third-order valence-electron chi connectivity index (χ3n) is 5.17. The van der Waals surface area contributed by atoms with Crippen LogP contribution in [-0.4, -0.2) is 59.9 Å². The molecule has 0 amide bonds. The number of rotatable bonds is 10. The van der Waals surface area contributed by atoms with Crippen LogP contribution >= 0.6 is 11.8 Å². The highest BCUT2D eigenvalue weighted by molar-refractivity contribution is 7.99. The molecule has 0 saturated carbocycles. The van der Waals surface area contributed by atoms with E-state index in [0.717, 1.165) is 24.4 Å². The van der Waals surface area contributed by atoms with E-state index in [4.69, 9.17) is 9.15 Å². The number of methoxy groups -OCH3 is 1. The van der Waals surface area contributed by atoms with Crippen LogP contribution in [0.5, 0.6) is 0 Å². The van der Waals surface area contributed by atoms with Gasteiger partial charge < -0.3 is 13.7 Å². The van der Waals surface area contributed by atoms with E-state index < -0.39 is 9.84 Å². The molecule has 0 radical (unpaired) electrons. The van der Waals surface area contributed by atoms with Gasteiger partial charge in [0.15, 0.2) is 15.6 Å². The lowest BCUT2D eigenvalue weighted by Crippen LogP contribution is -2.08. The molecule has 0 aliphatic carbocycles. The number of ether oxygens (including phenoxy) is 1. The highest BCUT2D eigenvalue weighted by Gasteiger charge is 2.29. The predicted octanol–water partition coefficient (Wildman–Crippen LogP) is 2.48. The number of aryl methyl sites for hydroxylation is 1. The molecular weight excluding hydrogens is 414 g/mol. The zero-order chi connectivity index (χ0) is 21.0. The van der Waals surface area contributed by atoms with Crippen LogP contribution in [0, 0.1) is 19.8 Å². The highest BCUT2D eigenvalue weighted by Crippen LogP contribution is 2.25. The third-order valence-corrected chi connectivity index (χ3v) is 7.82. The van der Waals surface area contributed by atoms with Gasteiger partial charge in [-0.2, -0.15) is 0 Å². The molecule has 29 heavy (non-hydrogen) atoms. The van der Waals surface area contributed by atoms with Gasteiger partial charge in [-0.05, 0) is 38.7 Å². The van der Waals surface area contributed by atoms with Crippen LogP contribution in [0.1, 0.15) is 40.5 Å². The Hall–Kier alpha value is -1.65. The van der Waals surface area contributed by atoms with Crippen molar-refractivity contribution in [1.29, 1.82) is 0 Å². The molecule has 0 spiro atoms. The second kappa shape index (κ2) is 9.44. The average Bonchev–Trinajstić information content (AvgIpc) is 3.33. The van der Waals surface area contributed by atoms with Crippen LogP contribution in [0.25, 0.3) is 0 Å². The number of nitrogens with zero attached hydrogens (tertiary/aromatic N) is 3. The smallest absolute Gasteiger partial charge is 0.277 e. The Balaban J connectivity index is 1.55. The van der Waals surface area contributed by atoms with Gasteiger partial charge in [0.05, 0.1) is 17.3 Å². The molecule has 0 N–H and O–H groups in total. The van der Waals surface area contributed by atoms with Crippen LogP contribution < -0.4 is 0 Å². The van der Waals surface area contributed by atoms with Crippen molar-refractivity contribution in [3.63, 3.8) is 0 Å². The summed E-state index contributed by atoms with van der Waals surface area (Å²) in [5.41, 5.74) is 2.72. The van der Waals surface area contributed by atoms with E-state index in [2.05, 4.69) is 14.8 Å². The summed E-state index contributed by atoms with van der Waals surface area (Å²) in [7, 11) is -1.24.